The van der Waals surface area contributed by atoms with Crippen LogP contribution in [0.5, 0.6) is 0 Å². The van der Waals surface area contributed by atoms with Gasteiger partial charge in [0.2, 0.25) is 0 Å². The summed E-state index contributed by atoms with van der Waals surface area (Å²) in [5.41, 5.74) is 2.41. The third-order valence-electron chi connectivity index (χ3n) is 5.41. The van der Waals surface area contributed by atoms with Crippen molar-refractivity contribution in [2.24, 2.45) is 0 Å². The van der Waals surface area contributed by atoms with E-state index < -0.39 is 11.8 Å². The Morgan fingerprint density at radius 2 is 2.10 bits per heavy atom. The van der Waals surface area contributed by atoms with Gasteiger partial charge in [-0.25, -0.2) is 18.6 Å². The van der Waals surface area contributed by atoms with Crippen LogP contribution in [0.4, 0.5) is 8.78 Å². The highest BCUT2D eigenvalue weighted by Gasteiger charge is 2.25. The largest absolute Gasteiger partial charge is 0.465 e. The molecule has 1 atom stereocenters. The van der Waals surface area contributed by atoms with Gasteiger partial charge in [-0.1, -0.05) is 0 Å². The molecule has 1 aliphatic rings. The highest BCUT2D eigenvalue weighted by Crippen LogP contribution is 2.30. The molecular weight excluding hydrogens is 392 g/mol. The van der Waals surface area contributed by atoms with Crippen molar-refractivity contribution in [3.63, 3.8) is 0 Å². The SMILES string of the molecule is COC(=O)c1ccc(-c2nc3cc(C)c(F)cn3c2CC2CN(C)CCO2)c(F)c1. The number of carbonyl (C=O) groups excluding carboxylic acids is 1. The zero-order chi connectivity index (χ0) is 21.4. The summed E-state index contributed by atoms with van der Waals surface area (Å²) in [6, 6.07) is 5.77. The molecule has 2 aromatic heterocycles. The lowest BCUT2D eigenvalue weighted by molar-refractivity contribution is -0.0190. The smallest absolute Gasteiger partial charge is 0.337 e. The number of rotatable bonds is 4. The standard InChI is InChI=1S/C22H23F2N3O3/c1-13-8-20-25-21(16-5-4-14(9-17(16)23)22(28)29-3)19(27(20)12-18(13)24)10-15-11-26(2)6-7-30-15/h4-5,8-9,12,15H,6-7,10-11H2,1-3H3. The highest BCUT2D eigenvalue weighted by atomic mass is 19.1. The maximum Gasteiger partial charge on any atom is 0.337 e. The minimum atomic E-state index is -0.619. The maximum absolute atomic E-state index is 15.0. The summed E-state index contributed by atoms with van der Waals surface area (Å²) in [5.74, 6) is -1.58. The van der Waals surface area contributed by atoms with Crippen molar-refractivity contribution in [2.75, 3.05) is 33.9 Å². The fourth-order valence-electron chi connectivity index (χ4n) is 3.78. The number of ether oxygens (including phenoxy) is 2. The van der Waals surface area contributed by atoms with Gasteiger partial charge in [0.1, 0.15) is 17.3 Å². The number of benzene rings is 1. The summed E-state index contributed by atoms with van der Waals surface area (Å²) >= 11 is 0. The Hall–Kier alpha value is -2.84. The van der Waals surface area contributed by atoms with Crippen LogP contribution in [0.25, 0.3) is 16.9 Å². The number of aryl methyl sites for hydroxylation is 1. The second-order valence-electron chi connectivity index (χ2n) is 7.59. The van der Waals surface area contributed by atoms with Crippen LogP contribution in [0.3, 0.4) is 0 Å². The number of esters is 1. The zero-order valence-electron chi connectivity index (χ0n) is 17.1. The average Bonchev–Trinajstić information content (AvgIpc) is 3.04. The molecule has 1 saturated heterocycles. The van der Waals surface area contributed by atoms with Gasteiger partial charge in [-0.2, -0.15) is 0 Å². The maximum atomic E-state index is 15.0. The second-order valence-corrected chi connectivity index (χ2v) is 7.59. The topological polar surface area (TPSA) is 56.1 Å². The molecule has 0 N–H and O–H groups in total. The number of halogens is 2. The molecule has 30 heavy (non-hydrogen) atoms. The van der Waals surface area contributed by atoms with Crippen LogP contribution in [-0.4, -0.2) is 60.2 Å². The lowest BCUT2D eigenvalue weighted by Crippen LogP contribution is -2.41. The van der Waals surface area contributed by atoms with Gasteiger partial charge in [0, 0.05) is 31.3 Å². The lowest BCUT2D eigenvalue weighted by atomic mass is 10.0. The summed E-state index contributed by atoms with van der Waals surface area (Å²) in [5, 5.41) is 0. The number of morpholine rings is 1. The number of carbonyl (C=O) groups is 1. The fraction of sp³-hybridized carbons (Fsp3) is 0.364. The van der Waals surface area contributed by atoms with Crippen LogP contribution in [0.1, 0.15) is 21.6 Å². The van der Waals surface area contributed by atoms with Crippen molar-refractivity contribution < 1.29 is 23.0 Å². The van der Waals surface area contributed by atoms with Crippen molar-refractivity contribution in [3.05, 3.63) is 58.9 Å². The van der Waals surface area contributed by atoms with Gasteiger partial charge in [0.25, 0.3) is 0 Å². The molecule has 0 bridgehead atoms. The van der Waals surface area contributed by atoms with E-state index in [2.05, 4.69) is 14.6 Å². The number of fused-ring (bicyclic) bond motifs is 1. The average molecular weight is 415 g/mol. The number of methoxy groups -OCH3 is 1. The van der Waals surface area contributed by atoms with E-state index in [4.69, 9.17) is 4.74 Å². The Balaban J connectivity index is 1.83. The molecule has 0 amide bonds. The van der Waals surface area contributed by atoms with Crippen LogP contribution in [0, 0.1) is 18.6 Å². The monoisotopic (exact) mass is 415 g/mol. The Labute approximate surface area is 173 Å². The molecule has 1 fully saturated rings. The van der Waals surface area contributed by atoms with E-state index in [1.807, 2.05) is 7.05 Å². The van der Waals surface area contributed by atoms with E-state index in [0.29, 0.717) is 42.2 Å². The molecule has 0 saturated carbocycles. The summed E-state index contributed by atoms with van der Waals surface area (Å²) in [6.07, 6.45) is 1.70. The van der Waals surface area contributed by atoms with Crippen molar-refractivity contribution in [2.45, 2.75) is 19.4 Å². The molecule has 3 aromatic rings. The summed E-state index contributed by atoms with van der Waals surface area (Å²) in [7, 11) is 3.26. The molecular formula is C22H23F2N3O3. The molecule has 4 rings (SSSR count). The van der Waals surface area contributed by atoms with Crippen molar-refractivity contribution in [3.8, 4) is 11.3 Å². The van der Waals surface area contributed by atoms with Crippen LogP contribution in [0.2, 0.25) is 0 Å². The first-order valence-electron chi connectivity index (χ1n) is 9.73. The summed E-state index contributed by atoms with van der Waals surface area (Å²) in [4.78, 5) is 18.5. The molecule has 0 spiro atoms. The lowest BCUT2D eigenvalue weighted by Gasteiger charge is -2.30. The first-order valence-corrected chi connectivity index (χ1v) is 9.73. The Bertz CT molecular complexity index is 1110. The van der Waals surface area contributed by atoms with Gasteiger partial charge < -0.3 is 18.8 Å². The number of hydrogen-bond donors (Lipinski definition) is 0. The van der Waals surface area contributed by atoms with Crippen molar-refractivity contribution in [1.82, 2.24) is 14.3 Å². The van der Waals surface area contributed by atoms with Gasteiger partial charge in [-0.05, 0) is 43.8 Å². The normalized spacial score (nSPS) is 17.4. The Morgan fingerprint density at radius 3 is 2.80 bits per heavy atom. The van der Waals surface area contributed by atoms with E-state index in [1.54, 1.807) is 17.4 Å². The molecule has 6 nitrogen and oxygen atoms in total. The van der Waals surface area contributed by atoms with Gasteiger partial charge >= 0.3 is 5.97 Å². The molecule has 3 heterocycles. The van der Waals surface area contributed by atoms with Crippen molar-refractivity contribution >= 4 is 11.6 Å². The van der Waals surface area contributed by atoms with Gasteiger partial charge in [-0.3, -0.25) is 0 Å². The minimum Gasteiger partial charge on any atom is -0.465 e. The summed E-state index contributed by atoms with van der Waals surface area (Å²) in [6.45, 7) is 3.82. The molecule has 8 heteroatoms. The van der Waals surface area contributed by atoms with E-state index in [1.165, 1.54) is 25.4 Å². The number of imidazole rings is 1. The van der Waals surface area contributed by atoms with E-state index >= 15 is 0 Å². The fourth-order valence-corrected chi connectivity index (χ4v) is 3.78. The minimum absolute atomic E-state index is 0.114. The number of pyridine rings is 1. The van der Waals surface area contributed by atoms with Gasteiger partial charge in [0.05, 0.1) is 36.8 Å². The zero-order valence-corrected chi connectivity index (χ0v) is 17.1. The molecule has 1 aliphatic heterocycles. The van der Waals surface area contributed by atoms with Crippen LogP contribution in [-0.2, 0) is 15.9 Å². The Morgan fingerprint density at radius 1 is 1.30 bits per heavy atom. The van der Waals surface area contributed by atoms with E-state index in [9.17, 15) is 13.6 Å². The van der Waals surface area contributed by atoms with Crippen LogP contribution in [0.15, 0.2) is 30.5 Å². The van der Waals surface area contributed by atoms with Crippen molar-refractivity contribution in [1.29, 1.82) is 0 Å². The molecule has 1 unspecified atom stereocenters. The predicted molar refractivity (Wildman–Crippen MR) is 108 cm³/mol. The van der Waals surface area contributed by atoms with Crippen LogP contribution < -0.4 is 0 Å². The first kappa shape index (κ1) is 20.4. The van der Waals surface area contributed by atoms with Gasteiger partial charge in [-0.15, -0.1) is 0 Å². The molecule has 1 aromatic carbocycles. The predicted octanol–water partition coefficient (Wildman–Crippen LogP) is 3.25. The third kappa shape index (κ3) is 3.80. The Kier molecular flexibility index (Phi) is 5.53. The second kappa shape index (κ2) is 8.12. The number of nitrogens with zero attached hydrogens (tertiary/aromatic N) is 3. The molecule has 0 radical (unpaired) electrons. The van der Waals surface area contributed by atoms with Gasteiger partial charge in [0.15, 0.2) is 0 Å². The molecule has 0 aliphatic carbocycles. The van der Waals surface area contributed by atoms with E-state index in [-0.39, 0.29) is 23.0 Å². The number of hydrogen-bond acceptors (Lipinski definition) is 5. The van der Waals surface area contributed by atoms with E-state index in [0.717, 1.165) is 12.6 Å². The quantitative estimate of drug-likeness (QED) is 0.613. The highest BCUT2D eigenvalue weighted by molar-refractivity contribution is 5.90. The third-order valence-corrected chi connectivity index (χ3v) is 5.41. The summed E-state index contributed by atoms with van der Waals surface area (Å²) < 4.78 is 41.5. The number of likely N-dealkylation sites (N-methyl/N-ethyl adjacent to an activating group) is 1. The first-order chi connectivity index (χ1) is 14.4. The number of aromatic nitrogens is 2. The van der Waals surface area contributed by atoms with Crippen LogP contribution >= 0.6 is 0 Å². The molecule has 158 valence electrons.